The van der Waals surface area contributed by atoms with Crippen LogP contribution in [0.4, 0.5) is 0 Å². The highest BCUT2D eigenvalue weighted by molar-refractivity contribution is 14.1. The van der Waals surface area contributed by atoms with Gasteiger partial charge in [0.15, 0.2) is 0 Å². The molecule has 1 fully saturated rings. The molecule has 1 aromatic rings. The predicted molar refractivity (Wildman–Crippen MR) is 91.3 cm³/mol. The zero-order chi connectivity index (χ0) is 13.8. The molecule has 1 atom stereocenters. The maximum atomic E-state index is 12.3. The summed E-state index contributed by atoms with van der Waals surface area (Å²) >= 11 is 8.19. The van der Waals surface area contributed by atoms with Crippen LogP contribution in [0.1, 0.15) is 23.2 Å². The van der Waals surface area contributed by atoms with Gasteiger partial charge >= 0.3 is 0 Å². The van der Waals surface area contributed by atoms with Crippen molar-refractivity contribution in [3.05, 3.63) is 26.3 Å². The molecule has 1 amide bonds. The first-order valence-electron chi connectivity index (χ1n) is 6.16. The van der Waals surface area contributed by atoms with E-state index in [1.54, 1.807) is 19.2 Å². The van der Waals surface area contributed by atoms with Gasteiger partial charge in [-0.1, -0.05) is 11.6 Å². The molecule has 2 rings (SSSR count). The highest BCUT2D eigenvalue weighted by Gasteiger charge is 2.20. The Balaban J connectivity index is 0.00000200. The molecular formula is C13H17Cl2IN2O2. The minimum atomic E-state index is -0.135. The van der Waals surface area contributed by atoms with Crippen LogP contribution in [-0.4, -0.2) is 32.1 Å². The van der Waals surface area contributed by atoms with Crippen LogP contribution in [0, 0.1) is 3.57 Å². The van der Waals surface area contributed by atoms with Gasteiger partial charge in [0.05, 0.1) is 17.7 Å². The molecule has 1 unspecified atom stereocenters. The predicted octanol–water partition coefficient (Wildman–Crippen LogP) is 2.86. The minimum absolute atomic E-state index is 0. The highest BCUT2D eigenvalue weighted by Crippen LogP contribution is 2.28. The van der Waals surface area contributed by atoms with Crippen LogP contribution < -0.4 is 15.4 Å². The summed E-state index contributed by atoms with van der Waals surface area (Å²) in [5.41, 5.74) is 0.485. The van der Waals surface area contributed by atoms with Crippen molar-refractivity contribution in [1.82, 2.24) is 10.6 Å². The Bertz CT molecular complexity index is 480. The van der Waals surface area contributed by atoms with E-state index < -0.39 is 0 Å². The van der Waals surface area contributed by atoms with E-state index in [1.807, 2.05) is 0 Å². The van der Waals surface area contributed by atoms with Crippen LogP contribution in [0.15, 0.2) is 12.1 Å². The van der Waals surface area contributed by atoms with E-state index in [-0.39, 0.29) is 24.4 Å². The summed E-state index contributed by atoms with van der Waals surface area (Å²) in [4.78, 5) is 12.3. The largest absolute Gasteiger partial charge is 0.496 e. The van der Waals surface area contributed by atoms with Crippen molar-refractivity contribution in [3.63, 3.8) is 0 Å². The molecule has 0 radical (unpaired) electrons. The topological polar surface area (TPSA) is 50.4 Å². The number of ether oxygens (including phenoxy) is 1. The molecule has 1 aromatic carbocycles. The smallest absolute Gasteiger partial charge is 0.255 e. The third kappa shape index (κ3) is 4.38. The van der Waals surface area contributed by atoms with Gasteiger partial charge in [-0.15, -0.1) is 12.4 Å². The second-order valence-corrected chi connectivity index (χ2v) is 6.05. The summed E-state index contributed by atoms with van der Waals surface area (Å²) in [6.45, 7) is 1.83. The molecule has 112 valence electrons. The molecule has 0 bridgehead atoms. The lowest BCUT2D eigenvalue weighted by Crippen LogP contribution is -2.45. The molecule has 0 spiro atoms. The van der Waals surface area contributed by atoms with Crippen LogP contribution in [-0.2, 0) is 0 Å². The molecule has 7 heteroatoms. The fraction of sp³-hybridized carbons (Fsp3) is 0.462. The van der Waals surface area contributed by atoms with E-state index >= 15 is 0 Å². The van der Waals surface area contributed by atoms with Gasteiger partial charge < -0.3 is 15.4 Å². The van der Waals surface area contributed by atoms with Gasteiger partial charge in [-0.2, -0.15) is 0 Å². The second kappa shape index (κ2) is 8.26. The van der Waals surface area contributed by atoms with E-state index in [2.05, 4.69) is 33.2 Å². The molecule has 0 aliphatic carbocycles. The first-order chi connectivity index (χ1) is 9.11. The van der Waals surface area contributed by atoms with Gasteiger partial charge in [-0.25, -0.2) is 0 Å². The van der Waals surface area contributed by atoms with E-state index in [4.69, 9.17) is 16.3 Å². The Hall–Kier alpha value is -0.240. The maximum absolute atomic E-state index is 12.3. The van der Waals surface area contributed by atoms with Crippen LogP contribution in [0.2, 0.25) is 5.02 Å². The van der Waals surface area contributed by atoms with Crippen molar-refractivity contribution in [2.75, 3.05) is 20.2 Å². The van der Waals surface area contributed by atoms with Crippen molar-refractivity contribution >= 4 is 52.5 Å². The molecular weight excluding hydrogens is 414 g/mol. The number of hydrogen-bond donors (Lipinski definition) is 2. The highest BCUT2D eigenvalue weighted by atomic mass is 127. The monoisotopic (exact) mass is 430 g/mol. The van der Waals surface area contributed by atoms with E-state index in [0.717, 1.165) is 29.5 Å². The molecule has 20 heavy (non-hydrogen) atoms. The van der Waals surface area contributed by atoms with E-state index in [0.29, 0.717) is 16.3 Å². The molecule has 1 aliphatic rings. The normalized spacial score (nSPS) is 18.1. The Kier molecular flexibility index (Phi) is 7.36. The molecule has 0 aromatic heterocycles. The number of benzene rings is 1. The molecule has 4 nitrogen and oxygen atoms in total. The van der Waals surface area contributed by atoms with E-state index in [1.165, 1.54) is 0 Å². The van der Waals surface area contributed by atoms with Crippen molar-refractivity contribution in [3.8, 4) is 5.75 Å². The quantitative estimate of drug-likeness (QED) is 0.725. The number of carbonyl (C=O) groups is 1. The maximum Gasteiger partial charge on any atom is 0.255 e. The van der Waals surface area contributed by atoms with Crippen molar-refractivity contribution in [1.29, 1.82) is 0 Å². The van der Waals surface area contributed by atoms with Crippen molar-refractivity contribution < 1.29 is 9.53 Å². The molecule has 0 saturated carbocycles. The average Bonchev–Trinajstić information content (AvgIpc) is 2.42. The second-order valence-electron chi connectivity index (χ2n) is 4.48. The molecule has 1 aliphatic heterocycles. The Morgan fingerprint density at radius 1 is 1.55 bits per heavy atom. The Labute approximate surface area is 143 Å². The summed E-state index contributed by atoms with van der Waals surface area (Å²) in [5, 5.41) is 6.84. The molecule has 1 heterocycles. The van der Waals surface area contributed by atoms with E-state index in [9.17, 15) is 4.79 Å². The summed E-state index contributed by atoms with van der Waals surface area (Å²) < 4.78 is 6.12. The number of amides is 1. The third-order valence-electron chi connectivity index (χ3n) is 3.12. The average molecular weight is 431 g/mol. The van der Waals surface area contributed by atoms with Crippen molar-refractivity contribution in [2.45, 2.75) is 18.9 Å². The Morgan fingerprint density at radius 3 is 2.90 bits per heavy atom. The van der Waals surface area contributed by atoms with Gasteiger partial charge in [0.25, 0.3) is 5.91 Å². The molecule has 1 saturated heterocycles. The van der Waals surface area contributed by atoms with Crippen LogP contribution >= 0.6 is 46.6 Å². The minimum Gasteiger partial charge on any atom is -0.496 e. The number of carbonyl (C=O) groups excluding carboxylic acids is 1. The zero-order valence-corrected chi connectivity index (χ0v) is 14.8. The van der Waals surface area contributed by atoms with Crippen LogP contribution in [0.5, 0.6) is 5.75 Å². The number of nitrogens with one attached hydrogen (secondary N) is 2. The first kappa shape index (κ1) is 17.8. The van der Waals surface area contributed by atoms with Crippen LogP contribution in [0.3, 0.4) is 0 Å². The van der Waals surface area contributed by atoms with Crippen LogP contribution in [0.25, 0.3) is 0 Å². The lowest BCUT2D eigenvalue weighted by Gasteiger charge is -2.24. The lowest BCUT2D eigenvalue weighted by atomic mass is 10.1. The zero-order valence-electron chi connectivity index (χ0n) is 11.0. The number of halogens is 3. The first-order valence-corrected chi connectivity index (χ1v) is 7.62. The lowest BCUT2D eigenvalue weighted by molar-refractivity contribution is 0.0927. The van der Waals surface area contributed by atoms with Gasteiger partial charge in [-0.05, 0) is 54.1 Å². The summed E-state index contributed by atoms with van der Waals surface area (Å²) in [5.74, 6) is 0.416. The third-order valence-corrected chi connectivity index (χ3v) is 4.64. The number of piperidine rings is 1. The van der Waals surface area contributed by atoms with Gasteiger partial charge in [0.2, 0.25) is 0 Å². The fourth-order valence-corrected chi connectivity index (χ4v) is 2.72. The Morgan fingerprint density at radius 2 is 2.30 bits per heavy atom. The van der Waals surface area contributed by atoms with Gasteiger partial charge in [0, 0.05) is 16.2 Å². The summed E-state index contributed by atoms with van der Waals surface area (Å²) in [6, 6.07) is 3.61. The number of hydrogen-bond acceptors (Lipinski definition) is 3. The summed E-state index contributed by atoms with van der Waals surface area (Å²) in [7, 11) is 1.55. The summed E-state index contributed by atoms with van der Waals surface area (Å²) in [6.07, 6.45) is 2.08. The number of methoxy groups -OCH3 is 1. The molecule has 2 N–H and O–H groups in total. The van der Waals surface area contributed by atoms with Crippen molar-refractivity contribution in [2.24, 2.45) is 0 Å². The number of rotatable bonds is 3. The van der Waals surface area contributed by atoms with Gasteiger partial charge in [-0.3, -0.25) is 4.79 Å². The van der Waals surface area contributed by atoms with Gasteiger partial charge in [0.1, 0.15) is 5.75 Å². The fourth-order valence-electron chi connectivity index (χ4n) is 2.11. The SMILES string of the molecule is COc1cc(I)c(Cl)cc1C(=O)NC1CCCNC1.Cl. The standard InChI is InChI=1S/C13H16ClIN2O2.ClH/c1-19-12-6-11(15)10(14)5-9(12)13(18)17-8-3-2-4-16-7-8;/h5-6,8,16H,2-4,7H2,1H3,(H,17,18);1H.